The second kappa shape index (κ2) is 10.9. The van der Waals surface area contributed by atoms with E-state index in [1.165, 1.54) is 0 Å². The van der Waals surface area contributed by atoms with Crippen molar-refractivity contribution in [3.05, 3.63) is 70.9 Å². The van der Waals surface area contributed by atoms with Gasteiger partial charge in [-0.2, -0.15) is 4.99 Å². The van der Waals surface area contributed by atoms with Gasteiger partial charge >= 0.3 is 0 Å². The molecule has 0 radical (unpaired) electrons. The summed E-state index contributed by atoms with van der Waals surface area (Å²) in [5.41, 5.74) is 9.40. The van der Waals surface area contributed by atoms with E-state index < -0.39 is 11.3 Å². The third-order valence-electron chi connectivity index (χ3n) is 6.67. The summed E-state index contributed by atoms with van der Waals surface area (Å²) in [6.45, 7) is 8.13. The SMILES string of the molecule is CCN(C)C(=O)c1ccc(-c2ccc3c(n2)Oc2nc(C)ccc2[C@@H]3C(C)(C)C(=O)N=C(N)SNC)cc1.[HH]. The molecule has 0 saturated carbocycles. The zero-order valence-corrected chi connectivity index (χ0v) is 23.2. The molecule has 10 heteroatoms. The lowest BCUT2D eigenvalue weighted by atomic mass is 9.70. The molecule has 2 amide bonds. The van der Waals surface area contributed by atoms with E-state index in [4.69, 9.17) is 15.5 Å². The third kappa shape index (κ3) is 5.27. The Kier molecular flexibility index (Phi) is 7.84. The van der Waals surface area contributed by atoms with Crippen LogP contribution in [0, 0.1) is 12.3 Å². The lowest BCUT2D eigenvalue weighted by Crippen LogP contribution is -2.34. The van der Waals surface area contributed by atoms with Crippen LogP contribution in [-0.2, 0) is 4.79 Å². The van der Waals surface area contributed by atoms with Crippen molar-refractivity contribution in [3.8, 4) is 23.0 Å². The fourth-order valence-electron chi connectivity index (χ4n) is 4.44. The highest BCUT2D eigenvalue weighted by Crippen LogP contribution is 2.51. The van der Waals surface area contributed by atoms with Gasteiger partial charge in [-0.3, -0.25) is 14.3 Å². The Bertz CT molecular complexity index is 1410. The fourth-order valence-corrected chi connectivity index (χ4v) is 4.78. The molecule has 200 valence electrons. The second-order valence-corrected chi connectivity index (χ2v) is 10.7. The van der Waals surface area contributed by atoms with Gasteiger partial charge in [-0.05, 0) is 57.1 Å². The summed E-state index contributed by atoms with van der Waals surface area (Å²) in [5, 5.41) is 0.139. The van der Waals surface area contributed by atoms with Crippen molar-refractivity contribution >= 4 is 28.9 Å². The summed E-state index contributed by atoms with van der Waals surface area (Å²) < 4.78 is 9.01. The van der Waals surface area contributed by atoms with E-state index >= 15 is 0 Å². The molecule has 1 aliphatic rings. The molecule has 9 nitrogen and oxygen atoms in total. The molecule has 0 saturated heterocycles. The minimum absolute atomic E-state index is 0. The Morgan fingerprint density at radius 1 is 1.11 bits per heavy atom. The summed E-state index contributed by atoms with van der Waals surface area (Å²) in [4.78, 5) is 41.0. The highest BCUT2D eigenvalue weighted by atomic mass is 32.2. The molecule has 1 aliphatic heterocycles. The Labute approximate surface area is 228 Å². The number of hydrogen-bond acceptors (Lipinski definition) is 7. The normalized spacial score (nSPS) is 14.8. The molecule has 0 spiro atoms. The maximum Gasteiger partial charge on any atom is 0.254 e. The number of nitrogens with one attached hydrogen (secondary N) is 1. The number of amides is 2. The van der Waals surface area contributed by atoms with Crippen LogP contribution < -0.4 is 15.2 Å². The van der Waals surface area contributed by atoms with Crippen molar-refractivity contribution in [2.45, 2.75) is 33.6 Å². The fraction of sp³-hybridized carbons (Fsp3) is 0.321. The smallest absolute Gasteiger partial charge is 0.254 e. The molecule has 38 heavy (non-hydrogen) atoms. The standard InChI is InChI=1S/C28H32N6O3S.H2/c1-7-34(6)25(35)18-11-9-17(10-12-18)21-15-14-20-22(28(3,4)26(36)33-27(29)38-30-5)19-13-8-16(2)31-23(19)37-24(20)32-21;/h8-15,22,30H,7H2,1-6H3,(H2,29,33,36);1H/t22-;/m0./s1. The highest BCUT2D eigenvalue weighted by Gasteiger charge is 2.44. The van der Waals surface area contributed by atoms with Gasteiger partial charge in [-0.1, -0.05) is 38.1 Å². The molecule has 0 fully saturated rings. The lowest BCUT2D eigenvalue weighted by molar-refractivity contribution is -0.126. The number of rotatable bonds is 6. The van der Waals surface area contributed by atoms with E-state index in [2.05, 4.69) is 14.7 Å². The second-order valence-electron chi connectivity index (χ2n) is 9.65. The largest absolute Gasteiger partial charge is 0.420 e. The zero-order chi connectivity index (χ0) is 27.6. The van der Waals surface area contributed by atoms with Crippen molar-refractivity contribution in [3.63, 3.8) is 0 Å². The van der Waals surface area contributed by atoms with Crippen molar-refractivity contribution in [1.82, 2.24) is 19.6 Å². The number of aliphatic imine (C=N–C) groups is 1. The first-order valence-corrected chi connectivity index (χ1v) is 13.1. The number of carbonyl (C=O) groups excluding carboxylic acids is 2. The summed E-state index contributed by atoms with van der Waals surface area (Å²) in [6.07, 6.45) is 0. The number of ether oxygens (including phenoxy) is 1. The van der Waals surface area contributed by atoms with Crippen LogP contribution >= 0.6 is 11.9 Å². The average Bonchev–Trinajstić information content (AvgIpc) is 2.90. The molecule has 3 aromatic rings. The van der Waals surface area contributed by atoms with E-state index in [-0.39, 0.29) is 18.4 Å². The van der Waals surface area contributed by atoms with E-state index in [1.807, 2.05) is 64.1 Å². The van der Waals surface area contributed by atoms with E-state index in [1.54, 1.807) is 31.1 Å². The highest BCUT2D eigenvalue weighted by molar-refractivity contribution is 8.12. The molecule has 2 aromatic heterocycles. The van der Waals surface area contributed by atoms with Gasteiger partial charge in [-0.25, -0.2) is 9.97 Å². The first-order valence-electron chi connectivity index (χ1n) is 12.3. The Balaban J connectivity index is 0.00000420. The minimum atomic E-state index is -0.973. The Morgan fingerprint density at radius 2 is 1.74 bits per heavy atom. The molecule has 3 N–H and O–H groups in total. The monoisotopic (exact) mass is 534 g/mol. The van der Waals surface area contributed by atoms with E-state index in [0.29, 0.717) is 29.6 Å². The van der Waals surface area contributed by atoms with Crippen molar-refractivity contribution < 1.29 is 15.8 Å². The van der Waals surface area contributed by atoms with Crippen molar-refractivity contribution in [2.75, 3.05) is 20.6 Å². The maximum atomic E-state index is 13.4. The summed E-state index contributed by atoms with van der Waals surface area (Å²) >= 11 is 1.08. The summed E-state index contributed by atoms with van der Waals surface area (Å²) in [6, 6.07) is 15.0. The van der Waals surface area contributed by atoms with Crippen LogP contribution in [0.5, 0.6) is 11.8 Å². The van der Waals surface area contributed by atoms with Crippen LogP contribution in [0.4, 0.5) is 0 Å². The summed E-state index contributed by atoms with van der Waals surface area (Å²) in [7, 11) is 3.48. The van der Waals surface area contributed by atoms with Crippen LogP contribution in [0.2, 0.25) is 0 Å². The predicted molar refractivity (Wildman–Crippen MR) is 152 cm³/mol. The number of pyridine rings is 2. The van der Waals surface area contributed by atoms with Gasteiger partial charge in [-0.15, -0.1) is 0 Å². The van der Waals surface area contributed by atoms with Gasteiger partial charge in [0.1, 0.15) is 0 Å². The summed E-state index contributed by atoms with van der Waals surface area (Å²) in [5.74, 6) is -0.0119. The molecule has 0 bridgehead atoms. The number of benzene rings is 1. The number of carbonyl (C=O) groups is 2. The van der Waals surface area contributed by atoms with Crippen LogP contribution in [-0.4, -0.2) is 52.5 Å². The van der Waals surface area contributed by atoms with Gasteiger partial charge in [0.2, 0.25) is 11.8 Å². The molecule has 1 atom stereocenters. The van der Waals surface area contributed by atoms with Gasteiger partial charge in [0.05, 0.1) is 11.1 Å². The zero-order valence-electron chi connectivity index (χ0n) is 22.4. The van der Waals surface area contributed by atoms with Crippen molar-refractivity contribution in [1.29, 1.82) is 0 Å². The topological polar surface area (TPSA) is 123 Å². The molecule has 0 unspecified atom stereocenters. The van der Waals surface area contributed by atoms with Crippen LogP contribution in [0.15, 0.2) is 53.5 Å². The maximum absolute atomic E-state index is 13.4. The van der Waals surface area contributed by atoms with E-state index in [0.717, 1.165) is 34.3 Å². The predicted octanol–water partition coefficient (Wildman–Crippen LogP) is 4.76. The quantitative estimate of drug-likeness (QED) is 0.264. The number of aryl methyl sites for hydroxylation is 1. The molecule has 4 rings (SSSR count). The van der Waals surface area contributed by atoms with Crippen LogP contribution in [0.25, 0.3) is 11.3 Å². The van der Waals surface area contributed by atoms with Crippen LogP contribution in [0.3, 0.4) is 0 Å². The average molecular weight is 535 g/mol. The number of hydrogen-bond donors (Lipinski definition) is 2. The Hall–Kier alpha value is -3.76. The first-order chi connectivity index (χ1) is 18.1. The molecule has 0 aliphatic carbocycles. The van der Waals surface area contributed by atoms with Crippen molar-refractivity contribution in [2.24, 2.45) is 16.1 Å². The van der Waals surface area contributed by atoms with Gasteiger partial charge in [0.25, 0.3) is 11.8 Å². The molecular weight excluding hydrogens is 500 g/mol. The molecular formula is C28H34N6O3S. The van der Waals surface area contributed by atoms with E-state index in [9.17, 15) is 9.59 Å². The lowest BCUT2D eigenvalue weighted by Gasteiger charge is -2.36. The van der Waals surface area contributed by atoms with Gasteiger partial charge < -0.3 is 15.4 Å². The Morgan fingerprint density at radius 3 is 2.37 bits per heavy atom. The molecule has 3 heterocycles. The first kappa shape index (κ1) is 27.3. The number of nitrogens with zero attached hydrogens (tertiary/aromatic N) is 4. The third-order valence-corrected chi connectivity index (χ3v) is 7.18. The number of fused-ring (bicyclic) bond motifs is 2. The van der Waals surface area contributed by atoms with Crippen LogP contribution in [0.1, 0.15) is 55.3 Å². The molecule has 1 aromatic carbocycles. The number of aromatic nitrogens is 2. The number of amidine groups is 1. The number of nitrogens with two attached hydrogens (primary N) is 1. The minimum Gasteiger partial charge on any atom is -0.420 e. The van der Waals surface area contributed by atoms with Gasteiger partial charge in [0, 0.05) is 48.9 Å². The van der Waals surface area contributed by atoms with Gasteiger partial charge in [0.15, 0.2) is 5.17 Å².